The van der Waals surface area contributed by atoms with Crippen LogP contribution in [0, 0.1) is 32.1 Å². The lowest BCUT2D eigenvalue weighted by molar-refractivity contribution is -0.112. The second-order valence-electron chi connectivity index (χ2n) is 7.46. The van der Waals surface area contributed by atoms with Gasteiger partial charge in [0.2, 0.25) is 0 Å². The van der Waals surface area contributed by atoms with E-state index in [0.717, 1.165) is 21.2 Å². The molecule has 0 aliphatic heterocycles. The summed E-state index contributed by atoms with van der Waals surface area (Å²) in [5.74, 6) is 0.247. The molecule has 0 atom stereocenters. The minimum Gasteiger partial charge on any atom is -0.488 e. The number of benzene rings is 3. The molecule has 0 bridgehead atoms. The normalized spacial score (nSPS) is 11.0. The molecule has 3 aromatic rings. The largest absolute Gasteiger partial charge is 0.488 e. The van der Waals surface area contributed by atoms with Gasteiger partial charge in [-0.1, -0.05) is 53.1 Å². The van der Waals surface area contributed by atoms with Crippen molar-refractivity contribution < 1.29 is 9.53 Å². The molecule has 0 unspecified atom stereocenters. The summed E-state index contributed by atoms with van der Waals surface area (Å²) in [5.41, 5.74) is 5.99. The zero-order valence-corrected chi connectivity index (χ0v) is 19.3. The molecule has 1 amide bonds. The van der Waals surface area contributed by atoms with Crippen molar-refractivity contribution in [3.05, 3.63) is 98.5 Å². The molecule has 156 valence electrons. The number of anilines is 1. The van der Waals surface area contributed by atoms with E-state index in [1.54, 1.807) is 18.2 Å². The molecule has 3 aromatic carbocycles. The Kier molecular flexibility index (Phi) is 7.28. The second-order valence-corrected chi connectivity index (χ2v) is 8.32. The molecular weight excluding hydrogens is 452 g/mol. The molecule has 4 nitrogen and oxygen atoms in total. The number of nitrogens with zero attached hydrogens (tertiary/aromatic N) is 1. The average Bonchev–Trinajstić information content (AvgIpc) is 2.72. The van der Waals surface area contributed by atoms with Crippen molar-refractivity contribution in [1.29, 1.82) is 5.26 Å². The fourth-order valence-corrected chi connectivity index (χ4v) is 3.70. The van der Waals surface area contributed by atoms with Gasteiger partial charge in [-0.15, -0.1) is 0 Å². The summed E-state index contributed by atoms with van der Waals surface area (Å²) in [5, 5.41) is 12.2. The quantitative estimate of drug-likeness (QED) is 0.327. The van der Waals surface area contributed by atoms with E-state index in [-0.39, 0.29) is 5.57 Å². The number of nitrogens with one attached hydrogen (secondary N) is 1. The molecular formula is C26H23BrN2O2. The maximum absolute atomic E-state index is 12.5. The fourth-order valence-electron chi connectivity index (χ4n) is 3.19. The van der Waals surface area contributed by atoms with Crippen LogP contribution in [0.15, 0.2) is 70.7 Å². The Balaban J connectivity index is 1.71. The lowest BCUT2D eigenvalue weighted by Crippen LogP contribution is -2.13. The van der Waals surface area contributed by atoms with Crippen LogP contribution in [0.25, 0.3) is 6.08 Å². The van der Waals surface area contributed by atoms with Gasteiger partial charge in [0.05, 0.1) is 4.47 Å². The monoisotopic (exact) mass is 474 g/mol. The van der Waals surface area contributed by atoms with Crippen molar-refractivity contribution in [3.63, 3.8) is 0 Å². The molecule has 0 aromatic heterocycles. The predicted octanol–water partition coefficient (Wildman–Crippen LogP) is 6.50. The number of carbonyl (C=O) groups excluding carboxylic acids is 1. The molecule has 5 heteroatoms. The highest BCUT2D eigenvalue weighted by Crippen LogP contribution is 2.28. The van der Waals surface area contributed by atoms with Crippen LogP contribution >= 0.6 is 15.9 Å². The summed E-state index contributed by atoms with van der Waals surface area (Å²) in [7, 11) is 0. The number of nitriles is 1. The number of carbonyl (C=O) groups is 1. The van der Waals surface area contributed by atoms with Gasteiger partial charge >= 0.3 is 0 Å². The Morgan fingerprint density at radius 3 is 2.29 bits per heavy atom. The van der Waals surface area contributed by atoms with Crippen LogP contribution in [0.2, 0.25) is 0 Å². The molecule has 0 aliphatic rings. The van der Waals surface area contributed by atoms with Gasteiger partial charge < -0.3 is 10.1 Å². The van der Waals surface area contributed by atoms with Gasteiger partial charge in [0.15, 0.2) is 0 Å². The zero-order chi connectivity index (χ0) is 22.4. The molecule has 0 saturated carbocycles. The molecule has 0 radical (unpaired) electrons. The van der Waals surface area contributed by atoms with Crippen molar-refractivity contribution in [1.82, 2.24) is 0 Å². The van der Waals surface area contributed by atoms with E-state index < -0.39 is 5.91 Å². The predicted molar refractivity (Wildman–Crippen MR) is 128 cm³/mol. The van der Waals surface area contributed by atoms with E-state index in [2.05, 4.69) is 53.3 Å². The fraction of sp³-hybridized carbons (Fsp3) is 0.154. The van der Waals surface area contributed by atoms with Gasteiger partial charge in [0.1, 0.15) is 24.0 Å². The SMILES string of the molecule is Cc1ccc(NC(=O)/C(C#N)=C/c2ccc(OCc3cc(C)cc(C)c3)c(Br)c2)cc1. The van der Waals surface area contributed by atoms with E-state index in [9.17, 15) is 10.1 Å². The van der Waals surface area contributed by atoms with Gasteiger partial charge in [-0.2, -0.15) is 5.26 Å². The Morgan fingerprint density at radius 2 is 1.68 bits per heavy atom. The number of aryl methyl sites for hydroxylation is 3. The first-order valence-electron chi connectivity index (χ1n) is 9.83. The van der Waals surface area contributed by atoms with Crippen molar-refractivity contribution in [2.75, 3.05) is 5.32 Å². The molecule has 0 saturated heterocycles. The van der Waals surface area contributed by atoms with Gasteiger partial charge in [0, 0.05) is 5.69 Å². The summed E-state index contributed by atoms with van der Waals surface area (Å²) in [4.78, 5) is 12.5. The maximum atomic E-state index is 12.5. The highest BCUT2D eigenvalue weighted by Gasteiger charge is 2.11. The first kappa shape index (κ1) is 22.3. The third-order valence-electron chi connectivity index (χ3n) is 4.62. The molecule has 0 spiro atoms. The molecule has 0 aliphatic carbocycles. The Hall–Kier alpha value is -3.36. The second kappa shape index (κ2) is 10.1. The van der Waals surface area contributed by atoms with Crippen LogP contribution in [0.4, 0.5) is 5.69 Å². The number of amides is 1. The first-order chi connectivity index (χ1) is 14.8. The highest BCUT2D eigenvalue weighted by atomic mass is 79.9. The number of halogens is 1. The van der Waals surface area contributed by atoms with Crippen molar-refractivity contribution in [2.45, 2.75) is 27.4 Å². The van der Waals surface area contributed by atoms with Gasteiger partial charge in [-0.25, -0.2) is 0 Å². The van der Waals surface area contributed by atoms with Crippen LogP contribution < -0.4 is 10.1 Å². The molecule has 0 heterocycles. The molecule has 1 N–H and O–H groups in total. The van der Waals surface area contributed by atoms with Crippen LogP contribution in [0.5, 0.6) is 5.75 Å². The minimum absolute atomic E-state index is 0.0244. The summed E-state index contributed by atoms with van der Waals surface area (Å²) in [6.45, 7) is 6.56. The van der Waals surface area contributed by atoms with Crippen molar-refractivity contribution in [2.24, 2.45) is 0 Å². The number of hydrogen-bond acceptors (Lipinski definition) is 3. The molecule has 0 fully saturated rings. The Labute approximate surface area is 191 Å². The topological polar surface area (TPSA) is 62.1 Å². The number of rotatable bonds is 6. The Morgan fingerprint density at radius 1 is 1.00 bits per heavy atom. The van der Waals surface area contributed by atoms with Crippen LogP contribution in [0.1, 0.15) is 27.8 Å². The summed E-state index contributed by atoms with van der Waals surface area (Å²) in [6, 6.07) is 21.2. The highest BCUT2D eigenvalue weighted by molar-refractivity contribution is 9.10. The van der Waals surface area contributed by atoms with Crippen molar-refractivity contribution in [3.8, 4) is 11.8 Å². The molecule has 3 rings (SSSR count). The third kappa shape index (κ3) is 6.31. The van der Waals surface area contributed by atoms with E-state index in [0.29, 0.717) is 18.0 Å². The van der Waals surface area contributed by atoms with Crippen molar-refractivity contribution >= 4 is 33.6 Å². The van der Waals surface area contributed by atoms with Crippen LogP contribution in [-0.2, 0) is 11.4 Å². The van der Waals surface area contributed by atoms with E-state index in [1.807, 2.05) is 43.3 Å². The van der Waals surface area contributed by atoms with Gasteiger partial charge in [-0.3, -0.25) is 4.79 Å². The average molecular weight is 475 g/mol. The minimum atomic E-state index is -0.447. The summed E-state index contributed by atoms with van der Waals surface area (Å²) in [6.07, 6.45) is 1.56. The van der Waals surface area contributed by atoms with Crippen LogP contribution in [0.3, 0.4) is 0 Å². The number of ether oxygens (including phenoxy) is 1. The number of hydrogen-bond donors (Lipinski definition) is 1. The molecule has 31 heavy (non-hydrogen) atoms. The summed E-state index contributed by atoms with van der Waals surface area (Å²) >= 11 is 3.52. The van der Waals surface area contributed by atoms with Gasteiger partial charge in [-0.05, 0) is 78.2 Å². The smallest absolute Gasteiger partial charge is 0.266 e. The first-order valence-corrected chi connectivity index (χ1v) is 10.6. The van der Waals surface area contributed by atoms with E-state index in [1.165, 1.54) is 11.1 Å². The van der Waals surface area contributed by atoms with Crippen LogP contribution in [-0.4, -0.2) is 5.91 Å². The maximum Gasteiger partial charge on any atom is 0.266 e. The van der Waals surface area contributed by atoms with E-state index >= 15 is 0 Å². The van der Waals surface area contributed by atoms with Gasteiger partial charge in [0.25, 0.3) is 5.91 Å². The van der Waals surface area contributed by atoms with E-state index in [4.69, 9.17) is 4.74 Å². The summed E-state index contributed by atoms with van der Waals surface area (Å²) < 4.78 is 6.70. The third-order valence-corrected chi connectivity index (χ3v) is 5.24. The standard InChI is InChI=1S/C26H23BrN2O2/c1-17-4-7-23(8-5-17)29-26(30)22(15-28)13-20-6-9-25(24(27)14-20)31-16-21-11-18(2)10-19(3)12-21/h4-14H,16H2,1-3H3,(H,29,30)/b22-13+. The Bertz CT molecular complexity index is 1150. The lowest BCUT2D eigenvalue weighted by atomic mass is 10.1. The zero-order valence-electron chi connectivity index (χ0n) is 17.7. The lowest BCUT2D eigenvalue weighted by Gasteiger charge is -2.10.